The summed E-state index contributed by atoms with van der Waals surface area (Å²) in [6, 6.07) is 12.0. The third-order valence-electron chi connectivity index (χ3n) is 4.96. The van der Waals surface area contributed by atoms with Crippen LogP contribution in [0.2, 0.25) is 0 Å². The number of hydrogen-bond donors (Lipinski definition) is 1. The molecule has 0 radical (unpaired) electrons. The molecule has 0 atom stereocenters. The average Bonchev–Trinajstić information content (AvgIpc) is 2.79. The highest BCUT2D eigenvalue weighted by Gasteiger charge is 2.30. The van der Waals surface area contributed by atoms with E-state index in [4.69, 9.17) is 4.74 Å². The summed E-state index contributed by atoms with van der Waals surface area (Å²) in [6.07, 6.45) is 0. The van der Waals surface area contributed by atoms with Crippen molar-refractivity contribution in [1.29, 1.82) is 0 Å². The fourth-order valence-electron chi connectivity index (χ4n) is 3.25. The van der Waals surface area contributed by atoms with E-state index in [1.807, 2.05) is 6.92 Å². The molecule has 0 saturated carbocycles. The molecule has 1 aliphatic rings. The quantitative estimate of drug-likeness (QED) is 0.653. The lowest BCUT2D eigenvalue weighted by molar-refractivity contribution is 0.0697. The summed E-state index contributed by atoms with van der Waals surface area (Å²) in [6.45, 7) is 3.05. The number of nitrogens with one attached hydrogen (secondary N) is 1. The number of sulfonamides is 2. The van der Waals surface area contributed by atoms with Gasteiger partial charge in [0, 0.05) is 31.7 Å². The van der Waals surface area contributed by atoms with E-state index in [1.54, 1.807) is 18.2 Å². The second-order valence-corrected chi connectivity index (χ2v) is 10.7. The Bertz CT molecular complexity index is 1140. The van der Waals surface area contributed by atoms with E-state index in [0.717, 1.165) is 0 Å². The summed E-state index contributed by atoms with van der Waals surface area (Å²) in [5.74, 6) is 0.255. The van der Waals surface area contributed by atoms with Gasteiger partial charge < -0.3 is 9.64 Å². The number of piperazine rings is 1. The molecule has 0 aromatic heterocycles. The lowest BCUT2D eigenvalue weighted by Crippen LogP contribution is -2.50. The first-order valence-electron chi connectivity index (χ1n) is 9.75. The predicted octanol–water partition coefficient (Wildman–Crippen LogP) is 1.14. The number of nitrogens with zero attached hydrogens (tertiary/aromatic N) is 2. The van der Waals surface area contributed by atoms with E-state index >= 15 is 0 Å². The van der Waals surface area contributed by atoms with Crippen LogP contribution in [-0.4, -0.2) is 71.8 Å². The monoisotopic (exact) mass is 467 g/mol. The van der Waals surface area contributed by atoms with Crippen molar-refractivity contribution in [3.63, 3.8) is 0 Å². The van der Waals surface area contributed by atoms with Gasteiger partial charge in [-0.2, -0.15) is 4.31 Å². The second-order valence-electron chi connectivity index (χ2n) is 6.84. The van der Waals surface area contributed by atoms with Gasteiger partial charge in [-0.25, -0.2) is 21.6 Å². The third-order valence-corrected chi connectivity index (χ3v) is 8.28. The summed E-state index contributed by atoms with van der Waals surface area (Å²) in [4.78, 5) is 14.5. The molecule has 0 bridgehead atoms. The molecule has 1 fully saturated rings. The standard InChI is InChI=1S/C20H25N3O6S2/c1-3-29-17-7-9-18(10-8-17)31(27,28)23-13-11-22(12-14-23)20(24)16-5-4-6-19(15-16)30(25,26)21-2/h4-10,15,21H,3,11-14H2,1-2H3. The van der Waals surface area contributed by atoms with Crippen molar-refractivity contribution in [1.82, 2.24) is 13.9 Å². The number of rotatable bonds is 7. The molecule has 0 unspecified atom stereocenters. The lowest BCUT2D eigenvalue weighted by Gasteiger charge is -2.34. The molecule has 11 heteroatoms. The smallest absolute Gasteiger partial charge is 0.253 e. The van der Waals surface area contributed by atoms with Crippen molar-refractivity contribution in [3.8, 4) is 5.75 Å². The molecule has 0 aliphatic carbocycles. The van der Waals surface area contributed by atoms with Gasteiger partial charge in [-0.05, 0) is 56.4 Å². The van der Waals surface area contributed by atoms with Gasteiger partial charge in [0.15, 0.2) is 0 Å². The van der Waals surface area contributed by atoms with Crippen molar-refractivity contribution in [2.75, 3.05) is 39.8 Å². The molecule has 168 valence electrons. The first-order chi connectivity index (χ1) is 14.7. The van der Waals surface area contributed by atoms with Gasteiger partial charge in [-0.3, -0.25) is 4.79 Å². The molecule has 1 amide bonds. The highest BCUT2D eigenvalue weighted by atomic mass is 32.2. The minimum atomic E-state index is -3.68. The van der Waals surface area contributed by atoms with Crippen LogP contribution >= 0.6 is 0 Å². The van der Waals surface area contributed by atoms with Gasteiger partial charge in [0.05, 0.1) is 16.4 Å². The highest BCUT2D eigenvalue weighted by molar-refractivity contribution is 7.89. The Kier molecular flexibility index (Phi) is 6.99. The molecule has 1 heterocycles. The number of carbonyl (C=O) groups is 1. The Labute approximate surface area is 182 Å². The van der Waals surface area contributed by atoms with Gasteiger partial charge in [0.2, 0.25) is 20.0 Å². The topological polar surface area (TPSA) is 113 Å². The largest absolute Gasteiger partial charge is 0.494 e. The Hall–Kier alpha value is -2.47. The van der Waals surface area contributed by atoms with E-state index in [2.05, 4.69) is 4.72 Å². The second kappa shape index (κ2) is 9.35. The van der Waals surface area contributed by atoms with Crippen LogP contribution in [0, 0.1) is 0 Å². The summed E-state index contributed by atoms with van der Waals surface area (Å²) in [7, 11) is -6.05. The van der Waals surface area contributed by atoms with E-state index in [-0.39, 0.29) is 47.4 Å². The van der Waals surface area contributed by atoms with Crippen LogP contribution < -0.4 is 9.46 Å². The Morgan fingerprint density at radius 2 is 1.61 bits per heavy atom. The zero-order valence-electron chi connectivity index (χ0n) is 17.3. The van der Waals surface area contributed by atoms with Crippen molar-refractivity contribution >= 4 is 26.0 Å². The van der Waals surface area contributed by atoms with Crippen LogP contribution in [0.25, 0.3) is 0 Å². The van der Waals surface area contributed by atoms with Crippen LogP contribution in [0.4, 0.5) is 0 Å². The number of amides is 1. The minimum absolute atomic E-state index is 0.00226. The number of hydrogen-bond acceptors (Lipinski definition) is 6. The van der Waals surface area contributed by atoms with Crippen molar-refractivity contribution in [2.45, 2.75) is 16.7 Å². The number of ether oxygens (including phenoxy) is 1. The molecule has 9 nitrogen and oxygen atoms in total. The van der Waals surface area contributed by atoms with Gasteiger partial charge in [-0.15, -0.1) is 0 Å². The van der Waals surface area contributed by atoms with Crippen molar-refractivity contribution < 1.29 is 26.4 Å². The molecule has 1 N–H and O–H groups in total. The van der Waals surface area contributed by atoms with Gasteiger partial charge in [-0.1, -0.05) is 6.07 Å². The summed E-state index contributed by atoms with van der Waals surface area (Å²) < 4.78 is 58.7. The maximum atomic E-state index is 12.9. The number of carbonyl (C=O) groups excluding carboxylic acids is 1. The average molecular weight is 468 g/mol. The van der Waals surface area contributed by atoms with E-state index in [9.17, 15) is 21.6 Å². The first kappa shape index (κ1) is 23.2. The zero-order valence-corrected chi connectivity index (χ0v) is 18.9. The van der Waals surface area contributed by atoms with Crippen LogP contribution in [0.5, 0.6) is 5.75 Å². The molecule has 31 heavy (non-hydrogen) atoms. The zero-order chi connectivity index (χ0) is 22.6. The van der Waals surface area contributed by atoms with Crippen molar-refractivity contribution in [3.05, 3.63) is 54.1 Å². The highest BCUT2D eigenvalue weighted by Crippen LogP contribution is 2.22. The van der Waals surface area contributed by atoms with E-state index in [0.29, 0.717) is 12.4 Å². The third kappa shape index (κ3) is 5.06. The lowest BCUT2D eigenvalue weighted by atomic mass is 10.2. The molecule has 1 aliphatic heterocycles. The molecular weight excluding hydrogens is 442 g/mol. The normalized spacial score (nSPS) is 15.6. The summed E-state index contributed by atoms with van der Waals surface area (Å²) in [5.41, 5.74) is 0.235. The number of benzene rings is 2. The molecule has 2 aromatic carbocycles. The van der Waals surface area contributed by atoms with Crippen LogP contribution in [0.3, 0.4) is 0 Å². The molecular formula is C20H25N3O6S2. The Morgan fingerprint density at radius 3 is 2.19 bits per heavy atom. The fraction of sp³-hybridized carbons (Fsp3) is 0.350. The first-order valence-corrected chi connectivity index (χ1v) is 12.7. The Balaban J connectivity index is 1.69. The van der Waals surface area contributed by atoms with Gasteiger partial charge in [0.1, 0.15) is 5.75 Å². The van der Waals surface area contributed by atoms with Crippen LogP contribution in [0.15, 0.2) is 58.3 Å². The van der Waals surface area contributed by atoms with Gasteiger partial charge in [0.25, 0.3) is 5.91 Å². The fourth-order valence-corrected chi connectivity index (χ4v) is 5.45. The SMILES string of the molecule is CCOc1ccc(S(=O)(=O)N2CCN(C(=O)c3cccc(S(=O)(=O)NC)c3)CC2)cc1. The molecule has 3 rings (SSSR count). The van der Waals surface area contributed by atoms with Gasteiger partial charge >= 0.3 is 0 Å². The van der Waals surface area contributed by atoms with E-state index in [1.165, 1.54) is 46.6 Å². The predicted molar refractivity (Wildman–Crippen MR) is 115 cm³/mol. The summed E-state index contributed by atoms with van der Waals surface area (Å²) >= 11 is 0. The molecule has 1 saturated heterocycles. The Morgan fingerprint density at radius 1 is 0.968 bits per heavy atom. The van der Waals surface area contributed by atoms with Crippen molar-refractivity contribution in [2.24, 2.45) is 0 Å². The van der Waals surface area contributed by atoms with E-state index < -0.39 is 20.0 Å². The molecule has 2 aromatic rings. The summed E-state index contributed by atoms with van der Waals surface area (Å²) in [5, 5.41) is 0. The van der Waals surface area contributed by atoms with Crippen LogP contribution in [-0.2, 0) is 20.0 Å². The minimum Gasteiger partial charge on any atom is -0.494 e. The maximum Gasteiger partial charge on any atom is 0.253 e. The molecule has 0 spiro atoms. The maximum absolute atomic E-state index is 12.9. The van der Waals surface area contributed by atoms with Crippen LogP contribution in [0.1, 0.15) is 17.3 Å².